The van der Waals surface area contributed by atoms with Crippen LogP contribution in [0.15, 0.2) is 24.3 Å². The van der Waals surface area contributed by atoms with Crippen molar-refractivity contribution in [3.05, 3.63) is 35.6 Å². The van der Waals surface area contributed by atoms with Crippen molar-refractivity contribution in [1.82, 2.24) is 5.32 Å². The summed E-state index contributed by atoms with van der Waals surface area (Å²) in [6.07, 6.45) is 0.414. The zero-order chi connectivity index (χ0) is 10.4. The molecule has 0 aliphatic heterocycles. The van der Waals surface area contributed by atoms with Crippen molar-refractivity contribution in [2.24, 2.45) is 0 Å². The van der Waals surface area contributed by atoms with Crippen LogP contribution in [0.4, 0.5) is 4.39 Å². The van der Waals surface area contributed by atoms with E-state index in [-0.39, 0.29) is 11.6 Å². The van der Waals surface area contributed by atoms with Gasteiger partial charge in [0.2, 0.25) is 0 Å². The SMILES string of the molecule is CCNCCC(=O)c1cccc(F)c1. The number of hydrogen-bond donors (Lipinski definition) is 1. The monoisotopic (exact) mass is 195 g/mol. The Labute approximate surface area is 83.1 Å². The summed E-state index contributed by atoms with van der Waals surface area (Å²) >= 11 is 0. The second kappa shape index (κ2) is 5.50. The molecule has 0 radical (unpaired) electrons. The normalized spacial score (nSPS) is 10.1. The molecule has 3 heteroatoms. The molecule has 0 unspecified atom stereocenters. The van der Waals surface area contributed by atoms with Crippen LogP contribution < -0.4 is 5.32 Å². The van der Waals surface area contributed by atoms with E-state index < -0.39 is 0 Å². The van der Waals surface area contributed by atoms with Crippen LogP contribution in [0.1, 0.15) is 23.7 Å². The topological polar surface area (TPSA) is 29.1 Å². The van der Waals surface area contributed by atoms with E-state index >= 15 is 0 Å². The van der Waals surface area contributed by atoms with Crippen LogP contribution in [-0.4, -0.2) is 18.9 Å². The number of hydrogen-bond acceptors (Lipinski definition) is 2. The van der Waals surface area contributed by atoms with Gasteiger partial charge in [-0.2, -0.15) is 0 Å². The molecule has 14 heavy (non-hydrogen) atoms. The number of rotatable bonds is 5. The smallest absolute Gasteiger partial charge is 0.164 e. The average molecular weight is 195 g/mol. The number of carbonyl (C=O) groups is 1. The molecule has 2 nitrogen and oxygen atoms in total. The Balaban J connectivity index is 2.52. The van der Waals surface area contributed by atoms with Crippen LogP contribution in [0.3, 0.4) is 0 Å². The summed E-state index contributed by atoms with van der Waals surface area (Å²) in [5.41, 5.74) is 0.447. The van der Waals surface area contributed by atoms with Crippen molar-refractivity contribution in [1.29, 1.82) is 0 Å². The fraction of sp³-hybridized carbons (Fsp3) is 0.364. The van der Waals surface area contributed by atoms with Crippen molar-refractivity contribution >= 4 is 5.78 Å². The zero-order valence-electron chi connectivity index (χ0n) is 8.22. The second-order valence-corrected chi connectivity index (χ2v) is 3.04. The Morgan fingerprint density at radius 3 is 2.93 bits per heavy atom. The molecule has 1 N–H and O–H groups in total. The Morgan fingerprint density at radius 2 is 2.29 bits per heavy atom. The van der Waals surface area contributed by atoms with Crippen LogP contribution in [0, 0.1) is 5.82 Å². The third kappa shape index (κ3) is 3.26. The average Bonchev–Trinajstić information content (AvgIpc) is 2.18. The van der Waals surface area contributed by atoms with Gasteiger partial charge < -0.3 is 5.32 Å². The van der Waals surface area contributed by atoms with Gasteiger partial charge in [-0.3, -0.25) is 4.79 Å². The number of benzene rings is 1. The lowest BCUT2D eigenvalue weighted by atomic mass is 10.1. The molecular weight excluding hydrogens is 181 g/mol. The Bertz CT molecular complexity index is 312. The molecule has 1 rings (SSSR count). The van der Waals surface area contributed by atoms with Gasteiger partial charge in [-0.15, -0.1) is 0 Å². The molecule has 0 spiro atoms. The van der Waals surface area contributed by atoms with E-state index in [1.807, 2.05) is 6.92 Å². The first-order valence-electron chi connectivity index (χ1n) is 4.73. The van der Waals surface area contributed by atoms with Crippen LogP contribution in [0.2, 0.25) is 0 Å². The molecular formula is C11H14FNO. The summed E-state index contributed by atoms with van der Waals surface area (Å²) in [5, 5.41) is 3.05. The van der Waals surface area contributed by atoms with Gasteiger partial charge in [-0.05, 0) is 18.7 Å². The largest absolute Gasteiger partial charge is 0.317 e. The van der Waals surface area contributed by atoms with Crippen LogP contribution in [0.25, 0.3) is 0 Å². The molecule has 1 aromatic carbocycles. The van der Waals surface area contributed by atoms with E-state index in [0.717, 1.165) is 6.54 Å². The minimum atomic E-state index is -0.362. The molecule has 0 saturated carbocycles. The highest BCUT2D eigenvalue weighted by molar-refractivity contribution is 5.96. The van der Waals surface area contributed by atoms with E-state index in [1.54, 1.807) is 12.1 Å². The van der Waals surface area contributed by atoms with Crippen molar-refractivity contribution in [2.75, 3.05) is 13.1 Å². The van der Waals surface area contributed by atoms with Gasteiger partial charge in [0, 0.05) is 18.5 Å². The van der Waals surface area contributed by atoms with E-state index in [1.165, 1.54) is 12.1 Å². The Hall–Kier alpha value is -1.22. The minimum absolute atomic E-state index is 0.0227. The predicted octanol–water partition coefficient (Wildman–Crippen LogP) is 2.01. The maximum atomic E-state index is 12.7. The van der Waals surface area contributed by atoms with Gasteiger partial charge in [0.15, 0.2) is 5.78 Å². The van der Waals surface area contributed by atoms with Crippen molar-refractivity contribution < 1.29 is 9.18 Å². The zero-order valence-corrected chi connectivity index (χ0v) is 8.22. The molecule has 76 valence electrons. The third-order valence-corrected chi connectivity index (χ3v) is 1.93. The molecule has 0 aromatic heterocycles. The molecule has 0 aliphatic carbocycles. The standard InChI is InChI=1S/C11H14FNO/c1-2-13-7-6-11(14)9-4-3-5-10(12)8-9/h3-5,8,13H,2,6-7H2,1H3. The number of ketones is 1. The summed E-state index contributed by atoms with van der Waals surface area (Å²) in [5.74, 6) is -0.384. The summed E-state index contributed by atoms with van der Waals surface area (Å²) < 4.78 is 12.7. The highest BCUT2D eigenvalue weighted by atomic mass is 19.1. The summed E-state index contributed by atoms with van der Waals surface area (Å²) in [4.78, 5) is 11.5. The Morgan fingerprint density at radius 1 is 1.50 bits per heavy atom. The molecule has 0 atom stereocenters. The highest BCUT2D eigenvalue weighted by Gasteiger charge is 2.05. The number of Topliss-reactive ketones (excluding diaryl/α,β-unsaturated/α-hetero) is 1. The van der Waals surface area contributed by atoms with Crippen LogP contribution in [0.5, 0.6) is 0 Å². The lowest BCUT2D eigenvalue weighted by Gasteiger charge is -2.01. The first kappa shape index (κ1) is 10.9. The van der Waals surface area contributed by atoms with Gasteiger partial charge in [-0.1, -0.05) is 19.1 Å². The summed E-state index contributed by atoms with van der Waals surface area (Å²) in [7, 11) is 0. The van der Waals surface area contributed by atoms with Crippen molar-refractivity contribution in [3.63, 3.8) is 0 Å². The fourth-order valence-corrected chi connectivity index (χ4v) is 1.18. The van der Waals surface area contributed by atoms with Gasteiger partial charge in [0.05, 0.1) is 0 Å². The Kier molecular flexibility index (Phi) is 4.26. The quantitative estimate of drug-likeness (QED) is 0.575. The molecule has 0 bridgehead atoms. The fourth-order valence-electron chi connectivity index (χ4n) is 1.18. The van der Waals surface area contributed by atoms with Crippen molar-refractivity contribution in [3.8, 4) is 0 Å². The van der Waals surface area contributed by atoms with Crippen LogP contribution in [-0.2, 0) is 0 Å². The van der Waals surface area contributed by atoms with Gasteiger partial charge in [-0.25, -0.2) is 4.39 Å². The van der Waals surface area contributed by atoms with E-state index in [9.17, 15) is 9.18 Å². The molecule has 0 aliphatic rings. The van der Waals surface area contributed by atoms with E-state index in [0.29, 0.717) is 18.5 Å². The molecule has 1 aromatic rings. The predicted molar refractivity (Wildman–Crippen MR) is 53.9 cm³/mol. The maximum absolute atomic E-state index is 12.7. The summed E-state index contributed by atoms with van der Waals surface area (Å²) in [6.45, 7) is 3.47. The number of nitrogens with one attached hydrogen (secondary N) is 1. The van der Waals surface area contributed by atoms with Gasteiger partial charge in [0.25, 0.3) is 0 Å². The molecule has 0 fully saturated rings. The van der Waals surface area contributed by atoms with Crippen LogP contribution >= 0.6 is 0 Å². The molecule has 0 heterocycles. The maximum Gasteiger partial charge on any atom is 0.164 e. The lowest BCUT2D eigenvalue weighted by molar-refractivity contribution is 0.0982. The first-order valence-corrected chi connectivity index (χ1v) is 4.73. The second-order valence-electron chi connectivity index (χ2n) is 3.04. The van der Waals surface area contributed by atoms with Gasteiger partial charge in [0.1, 0.15) is 5.82 Å². The first-order chi connectivity index (χ1) is 6.74. The summed E-state index contributed by atoms with van der Waals surface area (Å²) in [6, 6.07) is 5.79. The van der Waals surface area contributed by atoms with E-state index in [4.69, 9.17) is 0 Å². The number of halogens is 1. The molecule has 0 amide bonds. The lowest BCUT2D eigenvalue weighted by Crippen LogP contribution is -2.17. The number of carbonyl (C=O) groups excluding carboxylic acids is 1. The molecule has 0 saturated heterocycles. The van der Waals surface area contributed by atoms with E-state index in [2.05, 4.69) is 5.32 Å². The minimum Gasteiger partial charge on any atom is -0.317 e. The van der Waals surface area contributed by atoms with Gasteiger partial charge >= 0.3 is 0 Å². The van der Waals surface area contributed by atoms with Crippen molar-refractivity contribution in [2.45, 2.75) is 13.3 Å². The third-order valence-electron chi connectivity index (χ3n) is 1.93. The highest BCUT2D eigenvalue weighted by Crippen LogP contribution is 2.05.